The zero-order valence-electron chi connectivity index (χ0n) is 10.5. The number of nitrogens with two attached hydrogens (primary N) is 2. The number of ether oxygens (including phenoxy) is 1. The van der Waals surface area contributed by atoms with Crippen LogP contribution < -0.4 is 16.2 Å². The Labute approximate surface area is 112 Å². The fourth-order valence-electron chi connectivity index (χ4n) is 1.65. The number of hydrogen-bond acceptors (Lipinski definition) is 3. The monoisotopic (exact) mass is 256 g/mol. The van der Waals surface area contributed by atoms with Crippen LogP contribution in [0.5, 0.6) is 5.75 Å². The van der Waals surface area contributed by atoms with Gasteiger partial charge < -0.3 is 16.2 Å². The lowest BCUT2D eigenvalue weighted by atomic mass is 10.1. The van der Waals surface area contributed by atoms with Crippen molar-refractivity contribution in [3.63, 3.8) is 0 Å². The van der Waals surface area contributed by atoms with Gasteiger partial charge in [-0.15, -0.1) is 0 Å². The summed E-state index contributed by atoms with van der Waals surface area (Å²) in [6.07, 6.45) is 0. The van der Waals surface area contributed by atoms with Gasteiger partial charge >= 0.3 is 0 Å². The van der Waals surface area contributed by atoms with Gasteiger partial charge in [0.25, 0.3) is 0 Å². The second kappa shape index (κ2) is 6.02. The molecule has 0 radical (unpaired) electrons. The first-order valence-electron chi connectivity index (χ1n) is 5.99. The van der Waals surface area contributed by atoms with E-state index in [4.69, 9.17) is 16.2 Å². The summed E-state index contributed by atoms with van der Waals surface area (Å²) >= 11 is 0. The van der Waals surface area contributed by atoms with Gasteiger partial charge in [-0.1, -0.05) is 24.3 Å². The molecule has 0 heterocycles. The molecule has 0 aliphatic rings. The summed E-state index contributed by atoms with van der Waals surface area (Å²) in [5, 5.41) is 0. The highest BCUT2D eigenvalue weighted by atomic mass is 16.5. The number of benzene rings is 2. The van der Waals surface area contributed by atoms with Crippen molar-refractivity contribution in [2.75, 3.05) is 0 Å². The Morgan fingerprint density at radius 2 is 1.53 bits per heavy atom. The molecule has 98 valence electrons. The van der Waals surface area contributed by atoms with Gasteiger partial charge in [0.2, 0.25) is 5.91 Å². The molecule has 0 aromatic heterocycles. The van der Waals surface area contributed by atoms with E-state index in [0.717, 1.165) is 16.9 Å². The van der Waals surface area contributed by atoms with E-state index >= 15 is 0 Å². The van der Waals surface area contributed by atoms with E-state index in [-0.39, 0.29) is 0 Å². The maximum atomic E-state index is 10.9. The molecule has 4 N–H and O–H groups in total. The van der Waals surface area contributed by atoms with Crippen LogP contribution in [0.3, 0.4) is 0 Å². The third-order valence-electron chi connectivity index (χ3n) is 2.80. The number of hydrogen-bond donors (Lipinski definition) is 2. The third kappa shape index (κ3) is 3.56. The van der Waals surface area contributed by atoms with Crippen molar-refractivity contribution in [3.8, 4) is 5.75 Å². The lowest BCUT2D eigenvalue weighted by molar-refractivity contribution is 0.1000. The molecule has 0 fully saturated rings. The van der Waals surface area contributed by atoms with Gasteiger partial charge in [0.05, 0.1) is 0 Å². The van der Waals surface area contributed by atoms with Gasteiger partial charge in [-0.2, -0.15) is 0 Å². The molecule has 4 nitrogen and oxygen atoms in total. The number of rotatable bonds is 5. The zero-order valence-corrected chi connectivity index (χ0v) is 10.5. The first-order chi connectivity index (χ1) is 9.19. The summed E-state index contributed by atoms with van der Waals surface area (Å²) in [7, 11) is 0. The Kier molecular flexibility index (Phi) is 4.15. The summed E-state index contributed by atoms with van der Waals surface area (Å²) in [5.41, 5.74) is 13.2. The van der Waals surface area contributed by atoms with E-state index in [1.54, 1.807) is 12.1 Å². The summed E-state index contributed by atoms with van der Waals surface area (Å²) in [6.45, 7) is 0.968. The average Bonchev–Trinajstić information content (AvgIpc) is 2.46. The second-order valence-electron chi connectivity index (χ2n) is 4.20. The second-order valence-corrected chi connectivity index (χ2v) is 4.20. The first kappa shape index (κ1) is 13.1. The highest BCUT2D eigenvalue weighted by molar-refractivity contribution is 5.92. The number of carbonyl (C=O) groups excluding carboxylic acids is 1. The van der Waals surface area contributed by atoms with Gasteiger partial charge in [-0.25, -0.2) is 0 Å². The van der Waals surface area contributed by atoms with Crippen LogP contribution in [-0.2, 0) is 13.2 Å². The van der Waals surface area contributed by atoms with Crippen LogP contribution in [0.2, 0.25) is 0 Å². The van der Waals surface area contributed by atoms with Crippen LogP contribution in [0.15, 0.2) is 48.5 Å². The Morgan fingerprint density at radius 1 is 0.947 bits per heavy atom. The van der Waals surface area contributed by atoms with Crippen molar-refractivity contribution in [2.24, 2.45) is 11.5 Å². The molecule has 0 bridgehead atoms. The number of amides is 1. The molecule has 2 aromatic rings. The molecule has 0 aliphatic carbocycles. The summed E-state index contributed by atoms with van der Waals surface area (Å²) in [5.74, 6) is 0.362. The van der Waals surface area contributed by atoms with E-state index in [1.165, 1.54) is 0 Å². The van der Waals surface area contributed by atoms with E-state index in [1.807, 2.05) is 36.4 Å². The molecule has 0 spiro atoms. The Bertz CT molecular complexity index is 547. The minimum absolute atomic E-state index is 0.426. The minimum Gasteiger partial charge on any atom is -0.489 e. The van der Waals surface area contributed by atoms with Gasteiger partial charge in [0.15, 0.2) is 0 Å². The summed E-state index contributed by atoms with van der Waals surface area (Å²) in [4.78, 5) is 10.9. The van der Waals surface area contributed by atoms with Crippen molar-refractivity contribution in [1.82, 2.24) is 0 Å². The topological polar surface area (TPSA) is 78.3 Å². The molecule has 0 saturated carbocycles. The number of primary amides is 1. The molecular formula is C15H16N2O2. The molecule has 0 saturated heterocycles. The highest BCUT2D eigenvalue weighted by Crippen LogP contribution is 2.14. The van der Waals surface area contributed by atoms with E-state index in [0.29, 0.717) is 18.7 Å². The quantitative estimate of drug-likeness (QED) is 0.856. The summed E-state index contributed by atoms with van der Waals surface area (Å²) in [6, 6.07) is 14.7. The molecule has 0 atom stereocenters. The maximum Gasteiger partial charge on any atom is 0.248 e. The van der Waals surface area contributed by atoms with Crippen molar-refractivity contribution >= 4 is 5.91 Å². The lowest BCUT2D eigenvalue weighted by Crippen LogP contribution is -2.10. The van der Waals surface area contributed by atoms with Crippen LogP contribution >= 0.6 is 0 Å². The zero-order chi connectivity index (χ0) is 13.7. The van der Waals surface area contributed by atoms with Crippen LogP contribution in [0.25, 0.3) is 0 Å². The minimum atomic E-state index is -0.426. The fraction of sp³-hybridized carbons (Fsp3) is 0.133. The first-order valence-corrected chi connectivity index (χ1v) is 5.99. The van der Waals surface area contributed by atoms with Crippen LogP contribution in [0, 0.1) is 0 Å². The van der Waals surface area contributed by atoms with Crippen molar-refractivity contribution in [2.45, 2.75) is 13.2 Å². The third-order valence-corrected chi connectivity index (χ3v) is 2.80. The highest BCUT2D eigenvalue weighted by Gasteiger charge is 2.00. The van der Waals surface area contributed by atoms with Crippen LogP contribution in [0.4, 0.5) is 0 Å². The molecule has 1 amide bonds. The SMILES string of the molecule is NCc1ccc(OCc2ccc(C(N)=O)cc2)cc1. The van der Waals surface area contributed by atoms with E-state index in [9.17, 15) is 4.79 Å². The largest absolute Gasteiger partial charge is 0.489 e. The smallest absolute Gasteiger partial charge is 0.248 e. The molecular weight excluding hydrogens is 240 g/mol. The summed E-state index contributed by atoms with van der Waals surface area (Å²) < 4.78 is 5.63. The van der Waals surface area contributed by atoms with Crippen molar-refractivity contribution < 1.29 is 9.53 Å². The molecule has 0 unspecified atom stereocenters. The molecule has 2 rings (SSSR count). The Morgan fingerprint density at radius 3 is 2.05 bits per heavy atom. The van der Waals surface area contributed by atoms with E-state index in [2.05, 4.69) is 0 Å². The normalized spacial score (nSPS) is 10.2. The standard InChI is InChI=1S/C15H16N2O2/c16-9-11-3-7-14(8-4-11)19-10-12-1-5-13(6-2-12)15(17)18/h1-8H,9-10,16H2,(H2,17,18). The number of carbonyl (C=O) groups is 1. The molecule has 19 heavy (non-hydrogen) atoms. The van der Waals surface area contributed by atoms with Gasteiger partial charge in [-0.3, -0.25) is 4.79 Å². The van der Waals surface area contributed by atoms with Crippen molar-refractivity contribution in [3.05, 3.63) is 65.2 Å². The Balaban J connectivity index is 1.95. The van der Waals surface area contributed by atoms with Crippen molar-refractivity contribution in [1.29, 1.82) is 0 Å². The molecule has 2 aromatic carbocycles. The molecule has 0 aliphatic heterocycles. The lowest BCUT2D eigenvalue weighted by Gasteiger charge is -2.07. The predicted octanol–water partition coefficient (Wildman–Crippen LogP) is 1.82. The maximum absolute atomic E-state index is 10.9. The Hall–Kier alpha value is -2.33. The molecule has 4 heteroatoms. The average molecular weight is 256 g/mol. The van der Waals surface area contributed by atoms with Gasteiger partial charge in [0, 0.05) is 12.1 Å². The van der Waals surface area contributed by atoms with E-state index < -0.39 is 5.91 Å². The fourth-order valence-corrected chi connectivity index (χ4v) is 1.65. The van der Waals surface area contributed by atoms with Gasteiger partial charge in [0.1, 0.15) is 12.4 Å². The van der Waals surface area contributed by atoms with Gasteiger partial charge in [-0.05, 0) is 35.4 Å². The van der Waals surface area contributed by atoms with Crippen LogP contribution in [0.1, 0.15) is 21.5 Å². The predicted molar refractivity (Wildman–Crippen MR) is 73.6 cm³/mol. The van der Waals surface area contributed by atoms with Crippen LogP contribution in [-0.4, -0.2) is 5.91 Å².